The van der Waals surface area contributed by atoms with Crippen LogP contribution in [-0.2, 0) is 61.9 Å². The molecule has 0 rings (SSSR count). The SMILES string of the molecule is CCC(C)(CC(C)(C)C(=O)O)C(=O)OCC(O)COC(=O)C(C)(C)CC(C)(CC(C)(CC(C)(CCC(C)(C)C(=O)OC(O)COCCCOC(C)COCCO)N(C)C)C(=O)OCC(O)COC)N(C)C.CO.CO. The Morgan fingerprint density at radius 2 is 1.00 bits per heavy atom. The lowest BCUT2D eigenvalue weighted by atomic mass is 9.65. The Balaban J connectivity index is -0.0000126. The molecule has 22 nitrogen and oxygen atoms in total. The minimum atomic E-state index is -1.51. The second-order valence-corrected chi connectivity index (χ2v) is 22.7. The van der Waals surface area contributed by atoms with Crippen LogP contribution in [0.15, 0.2) is 0 Å². The number of methoxy groups -OCH3 is 1. The average Bonchev–Trinajstić information content (AvgIpc) is 3.32. The number of aliphatic hydroxyl groups excluding tert-OH is 6. The summed E-state index contributed by atoms with van der Waals surface area (Å²) in [5.74, 6) is -3.60. The zero-order valence-corrected chi connectivity index (χ0v) is 49.4. The summed E-state index contributed by atoms with van der Waals surface area (Å²) in [4.78, 5) is 70.5. The van der Waals surface area contributed by atoms with Gasteiger partial charge in [-0.1, -0.05) is 6.92 Å². The molecule has 0 aromatic heterocycles. The van der Waals surface area contributed by atoms with Crippen molar-refractivity contribution in [1.82, 2.24) is 9.80 Å². The van der Waals surface area contributed by atoms with Gasteiger partial charge in [-0.15, -0.1) is 0 Å². The molecule has 446 valence electrons. The highest BCUT2D eigenvalue weighted by Gasteiger charge is 2.51. The van der Waals surface area contributed by atoms with Crippen LogP contribution in [0, 0.1) is 27.1 Å². The van der Waals surface area contributed by atoms with Crippen molar-refractivity contribution in [2.24, 2.45) is 27.1 Å². The van der Waals surface area contributed by atoms with Crippen molar-refractivity contribution in [1.29, 1.82) is 0 Å². The predicted molar refractivity (Wildman–Crippen MR) is 281 cm³/mol. The van der Waals surface area contributed by atoms with Gasteiger partial charge >= 0.3 is 29.8 Å². The number of aliphatic carboxylic acids is 1. The molecule has 0 radical (unpaired) electrons. The lowest BCUT2D eigenvalue weighted by Crippen LogP contribution is -2.55. The Morgan fingerprint density at radius 1 is 0.533 bits per heavy atom. The van der Waals surface area contributed by atoms with Gasteiger partial charge in [-0.05, 0) is 156 Å². The first-order valence-electron chi connectivity index (χ1n) is 25.6. The number of carboxylic acids is 1. The molecular weight excluding hydrogens is 985 g/mol. The number of aliphatic hydroxyl groups is 6. The maximum atomic E-state index is 14.5. The molecule has 0 spiro atoms. The average molecular weight is 1090 g/mol. The quantitative estimate of drug-likeness (QED) is 0.0201. The molecule has 0 aliphatic rings. The molecule has 0 heterocycles. The van der Waals surface area contributed by atoms with E-state index in [1.54, 1.807) is 48.5 Å². The van der Waals surface area contributed by atoms with Crippen LogP contribution in [-0.4, -0.2) is 227 Å². The molecule has 22 heteroatoms. The lowest BCUT2D eigenvalue weighted by molar-refractivity contribution is -0.188. The third-order valence-electron chi connectivity index (χ3n) is 13.6. The lowest BCUT2D eigenvalue weighted by Gasteiger charge is -2.49. The van der Waals surface area contributed by atoms with Gasteiger partial charge in [0.25, 0.3) is 0 Å². The van der Waals surface area contributed by atoms with Crippen molar-refractivity contribution in [2.45, 2.75) is 170 Å². The molecule has 0 aliphatic heterocycles. The fourth-order valence-electron chi connectivity index (χ4n) is 8.49. The van der Waals surface area contributed by atoms with E-state index in [0.29, 0.717) is 38.9 Å². The van der Waals surface area contributed by atoms with E-state index in [0.717, 1.165) is 14.2 Å². The number of hydrogen-bond donors (Lipinski definition) is 7. The number of nitrogens with zero attached hydrogens (tertiary/aromatic N) is 2. The van der Waals surface area contributed by atoms with Crippen LogP contribution in [0.4, 0.5) is 0 Å². The first kappa shape index (κ1) is 76.1. The van der Waals surface area contributed by atoms with Crippen LogP contribution in [0.2, 0.25) is 0 Å². The van der Waals surface area contributed by atoms with Gasteiger partial charge in [0.05, 0.1) is 59.6 Å². The Hall–Kier alpha value is -3.13. The van der Waals surface area contributed by atoms with Crippen LogP contribution < -0.4 is 0 Å². The molecule has 0 aromatic rings. The van der Waals surface area contributed by atoms with Crippen molar-refractivity contribution in [3.63, 3.8) is 0 Å². The number of carbonyl (C=O) groups excluding carboxylic acids is 4. The first-order valence-corrected chi connectivity index (χ1v) is 25.6. The van der Waals surface area contributed by atoms with E-state index in [2.05, 4.69) is 0 Å². The number of esters is 4. The van der Waals surface area contributed by atoms with Crippen LogP contribution in [0.25, 0.3) is 0 Å². The van der Waals surface area contributed by atoms with Gasteiger partial charge in [0.1, 0.15) is 38.6 Å². The molecular formula is C53H104N2O20. The number of carbonyl (C=O) groups is 5. The summed E-state index contributed by atoms with van der Waals surface area (Å²) < 4.78 is 43.7. The summed E-state index contributed by atoms with van der Waals surface area (Å²) in [7, 11) is 10.8. The highest BCUT2D eigenvalue weighted by molar-refractivity contribution is 5.80. The maximum Gasteiger partial charge on any atom is 0.313 e. The normalized spacial score (nSPS) is 16.9. The van der Waals surface area contributed by atoms with E-state index in [-0.39, 0.29) is 71.4 Å². The molecule has 0 saturated heterocycles. The van der Waals surface area contributed by atoms with Gasteiger partial charge in [0, 0.05) is 45.6 Å². The van der Waals surface area contributed by atoms with Gasteiger partial charge in [0.2, 0.25) is 6.29 Å². The van der Waals surface area contributed by atoms with Gasteiger partial charge in [0.15, 0.2) is 0 Å². The van der Waals surface area contributed by atoms with Crippen molar-refractivity contribution >= 4 is 29.8 Å². The Kier molecular flexibility index (Phi) is 36.7. The van der Waals surface area contributed by atoms with Crippen LogP contribution in [0.5, 0.6) is 0 Å². The van der Waals surface area contributed by atoms with Gasteiger partial charge in [-0.25, -0.2) is 0 Å². The summed E-state index contributed by atoms with van der Waals surface area (Å²) in [6, 6.07) is 0. The minimum Gasteiger partial charge on any atom is -0.481 e. The van der Waals surface area contributed by atoms with E-state index >= 15 is 0 Å². The van der Waals surface area contributed by atoms with E-state index in [1.165, 1.54) is 21.0 Å². The summed E-state index contributed by atoms with van der Waals surface area (Å²) in [5.41, 5.74) is -7.51. The number of carboxylic acid groups (broad SMARTS) is 1. The third-order valence-corrected chi connectivity index (χ3v) is 13.6. The molecule has 0 bridgehead atoms. The molecule has 0 amide bonds. The molecule has 8 atom stereocenters. The Bertz CT molecular complexity index is 1630. The zero-order valence-electron chi connectivity index (χ0n) is 49.4. The molecule has 7 N–H and O–H groups in total. The highest BCUT2D eigenvalue weighted by atomic mass is 16.7. The smallest absolute Gasteiger partial charge is 0.313 e. The fourth-order valence-corrected chi connectivity index (χ4v) is 8.49. The predicted octanol–water partition coefficient (Wildman–Crippen LogP) is 3.45. The summed E-state index contributed by atoms with van der Waals surface area (Å²) in [6.07, 6.45) is -2.07. The topological polar surface area (TPSA) is 307 Å². The molecule has 8 unspecified atom stereocenters. The molecule has 0 aliphatic carbocycles. The summed E-state index contributed by atoms with van der Waals surface area (Å²) in [5, 5.41) is 64.2. The van der Waals surface area contributed by atoms with Crippen LogP contribution >= 0.6 is 0 Å². The van der Waals surface area contributed by atoms with Crippen molar-refractivity contribution in [3.05, 3.63) is 0 Å². The van der Waals surface area contributed by atoms with E-state index in [1.807, 2.05) is 58.8 Å². The minimum absolute atomic E-state index is 0.0113. The maximum absolute atomic E-state index is 14.5. The molecule has 75 heavy (non-hydrogen) atoms. The number of rotatable bonds is 39. The van der Waals surface area contributed by atoms with Crippen molar-refractivity contribution in [3.8, 4) is 0 Å². The standard InChI is InChI=1S/C51H96N2O18.2CH4O/c1-18-48(9,32-46(5,6)40(58)59)43(62)69-30-38(56)29-68-41(60)47(7,8)33-51(12,53(15)16)35-49(10,44(63)70-28-37(55)27-64-17)34-50(11,52(13)14)21-20-45(3,4)42(61)71-39(57)31-65-23-19-24-67-36(2)26-66-25-22-54;2*1-2/h36-39,54-57H,18-35H2,1-17H3,(H,58,59);2*2H,1H3. The van der Waals surface area contributed by atoms with Crippen LogP contribution in [0.3, 0.4) is 0 Å². The third kappa shape index (κ3) is 28.4. The van der Waals surface area contributed by atoms with E-state index in [9.17, 15) is 44.4 Å². The molecule has 0 saturated carbocycles. The first-order chi connectivity index (χ1) is 34.5. The van der Waals surface area contributed by atoms with Gasteiger partial charge < -0.3 is 83.4 Å². The zero-order chi connectivity index (χ0) is 59.2. The fraction of sp³-hybridized carbons (Fsp3) is 0.906. The monoisotopic (exact) mass is 1090 g/mol. The second kappa shape index (κ2) is 36.1. The number of ether oxygens (including phenoxy) is 8. The Morgan fingerprint density at radius 3 is 1.47 bits per heavy atom. The van der Waals surface area contributed by atoms with Crippen molar-refractivity contribution in [2.75, 3.05) is 116 Å². The van der Waals surface area contributed by atoms with E-state index < -0.39 is 99.7 Å². The van der Waals surface area contributed by atoms with Crippen molar-refractivity contribution < 1.29 is 97.6 Å². The largest absolute Gasteiger partial charge is 0.481 e. The summed E-state index contributed by atoms with van der Waals surface area (Å²) >= 11 is 0. The van der Waals surface area contributed by atoms with Gasteiger partial charge in [-0.2, -0.15) is 0 Å². The van der Waals surface area contributed by atoms with E-state index in [4.69, 9.17) is 53.2 Å². The highest BCUT2D eigenvalue weighted by Crippen LogP contribution is 2.47. The van der Waals surface area contributed by atoms with Gasteiger partial charge in [-0.3, -0.25) is 24.0 Å². The Labute approximate surface area is 449 Å². The molecule has 0 fully saturated rings. The number of hydrogen-bond acceptors (Lipinski definition) is 21. The second-order valence-electron chi connectivity index (χ2n) is 22.7. The molecule has 0 aromatic carbocycles. The van der Waals surface area contributed by atoms with Crippen LogP contribution in [0.1, 0.15) is 134 Å². The summed E-state index contributed by atoms with van der Waals surface area (Å²) in [6.45, 7) is 20.4.